The fourth-order valence-electron chi connectivity index (χ4n) is 6.12. The second kappa shape index (κ2) is 14.5. The zero-order valence-corrected chi connectivity index (χ0v) is 27.1. The summed E-state index contributed by atoms with van der Waals surface area (Å²) in [7, 11) is 1.31. The molecule has 2 aliphatic rings. The number of pyridine rings is 1. The minimum Gasteiger partial charge on any atom is -0.443 e. The molecule has 2 heterocycles. The summed E-state index contributed by atoms with van der Waals surface area (Å²) in [5.41, 5.74) is -0.715. The van der Waals surface area contributed by atoms with Gasteiger partial charge in [0.2, 0.25) is 17.6 Å². The molecule has 2 aromatic rings. The quantitative estimate of drug-likeness (QED) is 0.258. The number of halogens is 2. The SMILES string of the molecule is CNC(=O)C(=O)CCC(NC(=O)c1cc(Br)c(Br)o1)C(=O)Nc1cccn(CC(=O)NC2C(C)CC3CCCC2C3)c1=O. The standard InChI is InChI=1S/C29H35Br2N5O7/c1-15-11-16-5-3-6-17(12-16)24(15)35-23(38)14-36-10-4-7-20(29(36)42)34-26(39)19(8-9-21(37)27(40)32-2)33-28(41)22-13-18(30)25(31)43-22/h4,7,10,13,15-17,19,24H,3,5-6,8-9,11-12,14H2,1-2H3,(H,32,40)(H,33,41)(H,34,39)(H,35,38). The predicted molar refractivity (Wildman–Crippen MR) is 164 cm³/mol. The molecule has 14 heteroatoms. The van der Waals surface area contributed by atoms with Crippen LogP contribution in [0.25, 0.3) is 0 Å². The van der Waals surface area contributed by atoms with Crippen molar-refractivity contribution in [2.75, 3.05) is 12.4 Å². The first kappa shape index (κ1) is 32.6. The molecule has 232 valence electrons. The Morgan fingerprint density at radius 2 is 1.91 bits per heavy atom. The highest BCUT2D eigenvalue weighted by atomic mass is 79.9. The highest BCUT2D eigenvalue weighted by molar-refractivity contribution is 9.13. The van der Waals surface area contributed by atoms with Crippen LogP contribution < -0.4 is 26.8 Å². The van der Waals surface area contributed by atoms with Gasteiger partial charge in [-0.2, -0.15) is 0 Å². The minimum absolute atomic E-state index is 0.0694. The molecule has 4 amide bonds. The maximum absolute atomic E-state index is 13.3. The fourth-order valence-corrected chi connectivity index (χ4v) is 6.70. The van der Waals surface area contributed by atoms with Crippen LogP contribution in [0.4, 0.5) is 5.69 Å². The molecule has 4 rings (SSSR count). The van der Waals surface area contributed by atoms with Gasteiger partial charge < -0.3 is 30.3 Å². The zero-order valence-electron chi connectivity index (χ0n) is 23.9. The van der Waals surface area contributed by atoms with E-state index in [0.29, 0.717) is 16.3 Å². The van der Waals surface area contributed by atoms with Gasteiger partial charge in [-0.25, -0.2) is 0 Å². The van der Waals surface area contributed by atoms with Crippen LogP contribution >= 0.6 is 31.9 Å². The van der Waals surface area contributed by atoms with Gasteiger partial charge in [0.1, 0.15) is 18.3 Å². The van der Waals surface area contributed by atoms with E-state index in [1.54, 1.807) is 0 Å². The number of hydrogen-bond acceptors (Lipinski definition) is 7. The third kappa shape index (κ3) is 8.22. The topological polar surface area (TPSA) is 169 Å². The second-order valence-corrected chi connectivity index (χ2v) is 12.8. The van der Waals surface area contributed by atoms with E-state index in [-0.39, 0.29) is 47.5 Å². The van der Waals surface area contributed by atoms with Crippen LogP contribution in [0.2, 0.25) is 0 Å². The average molecular weight is 725 g/mol. The molecule has 5 atom stereocenters. The van der Waals surface area contributed by atoms with E-state index in [9.17, 15) is 28.8 Å². The number of Topliss-reactive ketones (excluding diaryl/α,β-unsaturated/α-hetero) is 1. The molecule has 2 fully saturated rings. The molecule has 0 spiro atoms. The Balaban J connectivity index is 1.44. The highest BCUT2D eigenvalue weighted by Gasteiger charge is 2.38. The number of rotatable bonds is 11. The number of carbonyl (C=O) groups excluding carboxylic acids is 5. The number of ketones is 1. The summed E-state index contributed by atoms with van der Waals surface area (Å²) in [6.07, 6.45) is 6.63. The number of nitrogens with zero attached hydrogens (tertiary/aromatic N) is 1. The molecule has 43 heavy (non-hydrogen) atoms. The van der Waals surface area contributed by atoms with E-state index < -0.39 is 35.1 Å². The van der Waals surface area contributed by atoms with Crippen molar-refractivity contribution in [1.29, 1.82) is 0 Å². The molecule has 2 bridgehead atoms. The van der Waals surface area contributed by atoms with Gasteiger partial charge in [-0.1, -0.05) is 19.8 Å². The third-order valence-electron chi connectivity index (χ3n) is 8.20. The number of furan rings is 1. The first-order valence-electron chi connectivity index (χ1n) is 14.3. The van der Waals surface area contributed by atoms with Crippen LogP contribution in [0.5, 0.6) is 0 Å². The van der Waals surface area contributed by atoms with Crippen LogP contribution in [-0.4, -0.2) is 53.1 Å². The van der Waals surface area contributed by atoms with Crippen LogP contribution in [-0.2, 0) is 25.7 Å². The molecule has 12 nitrogen and oxygen atoms in total. The van der Waals surface area contributed by atoms with Crippen molar-refractivity contribution in [3.8, 4) is 0 Å². The Labute approximate surface area is 265 Å². The number of hydrogen-bond donors (Lipinski definition) is 4. The third-order valence-corrected chi connectivity index (χ3v) is 9.91. The number of carbonyl (C=O) groups is 5. The summed E-state index contributed by atoms with van der Waals surface area (Å²) in [4.78, 5) is 76.1. The van der Waals surface area contributed by atoms with Crippen LogP contribution in [0.3, 0.4) is 0 Å². The molecular formula is C29H35Br2N5O7. The second-order valence-electron chi connectivity index (χ2n) is 11.2. The molecule has 2 aliphatic carbocycles. The lowest BCUT2D eigenvalue weighted by Crippen LogP contribution is -2.50. The summed E-state index contributed by atoms with van der Waals surface area (Å²) < 4.78 is 7.27. The van der Waals surface area contributed by atoms with Crippen molar-refractivity contribution in [3.05, 3.63) is 49.7 Å². The summed E-state index contributed by atoms with van der Waals surface area (Å²) in [5.74, 6) is -2.00. The van der Waals surface area contributed by atoms with Gasteiger partial charge >= 0.3 is 0 Å². The van der Waals surface area contributed by atoms with Crippen LogP contribution in [0.1, 0.15) is 62.4 Å². The summed E-state index contributed by atoms with van der Waals surface area (Å²) in [6.45, 7) is 1.95. The number of anilines is 1. The molecule has 0 aromatic carbocycles. The Hall–Kier alpha value is -3.26. The average Bonchev–Trinajstić information content (AvgIpc) is 3.32. The summed E-state index contributed by atoms with van der Waals surface area (Å²) in [6, 6.07) is 3.08. The van der Waals surface area contributed by atoms with Crippen LogP contribution in [0, 0.1) is 17.8 Å². The smallest absolute Gasteiger partial charge is 0.287 e. The van der Waals surface area contributed by atoms with Gasteiger partial charge in [0.05, 0.1) is 4.47 Å². The van der Waals surface area contributed by atoms with Gasteiger partial charge in [0.25, 0.3) is 17.4 Å². The lowest BCUT2D eigenvalue weighted by molar-refractivity contribution is -0.137. The van der Waals surface area contributed by atoms with Gasteiger partial charge in [-0.15, -0.1) is 0 Å². The summed E-state index contributed by atoms with van der Waals surface area (Å²) in [5, 5.41) is 10.4. The van der Waals surface area contributed by atoms with Crippen molar-refractivity contribution in [2.24, 2.45) is 17.8 Å². The Kier molecular flexibility index (Phi) is 11.0. The van der Waals surface area contributed by atoms with E-state index in [0.717, 1.165) is 25.2 Å². The van der Waals surface area contributed by atoms with Crippen molar-refractivity contribution >= 4 is 67.0 Å². The zero-order chi connectivity index (χ0) is 31.3. The molecule has 2 aromatic heterocycles. The van der Waals surface area contributed by atoms with Gasteiger partial charge in [0, 0.05) is 31.8 Å². The molecule has 0 saturated heterocycles. The molecule has 0 aliphatic heterocycles. The van der Waals surface area contributed by atoms with Crippen molar-refractivity contribution in [3.63, 3.8) is 0 Å². The van der Waals surface area contributed by atoms with Crippen molar-refractivity contribution in [2.45, 2.75) is 70.5 Å². The Morgan fingerprint density at radius 1 is 1.14 bits per heavy atom. The summed E-state index contributed by atoms with van der Waals surface area (Å²) >= 11 is 6.36. The maximum atomic E-state index is 13.3. The normalized spacial score (nSPS) is 21.8. The molecule has 5 unspecified atom stereocenters. The molecule has 2 saturated carbocycles. The van der Waals surface area contributed by atoms with Crippen molar-refractivity contribution < 1.29 is 28.4 Å². The molecule has 0 radical (unpaired) electrons. The lowest BCUT2D eigenvalue weighted by Gasteiger charge is -2.44. The van der Waals surface area contributed by atoms with Crippen molar-refractivity contribution in [1.82, 2.24) is 20.5 Å². The minimum atomic E-state index is -1.30. The Bertz CT molecular complexity index is 1430. The number of amides is 4. The predicted octanol–water partition coefficient (Wildman–Crippen LogP) is 3.13. The molecule has 4 N–H and O–H groups in total. The lowest BCUT2D eigenvalue weighted by atomic mass is 9.65. The monoisotopic (exact) mass is 723 g/mol. The number of nitrogens with one attached hydrogen (secondary N) is 4. The van der Waals surface area contributed by atoms with E-state index >= 15 is 0 Å². The number of likely N-dealkylation sites (N-methyl/N-ethyl adjacent to an activating group) is 1. The maximum Gasteiger partial charge on any atom is 0.287 e. The molecular weight excluding hydrogens is 690 g/mol. The number of fused-ring (bicyclic) bond motifs is 2. The van der Waals surface area contributed by atoms with Crippen LogP contribution in [0.15, 0.2) is 42.7 Å². The van der Waals surface area contributed by atoms with Gasteiger partial charge in [-0.3, -0.25) is 28.8 Å². The fraction of sp³-hybridized carbons (Fsp3) is 0.517. The van der Waals surface area contributed by atoms with Gasteiger partial charge in [-0.05, 0) is 87.4 Å². The largest absolute Gasteiger partial charge is 0.443 e. The van der Waals surface area contributed by atoms with E-state index in [2.05, 4.69) is 60.1 Å². The first-order chi connectivity index (χ1) is 20.5. The number of aromatic nitrogens is 1. The highest BCUT2D eigenvalue weighted by Crippen LogP contribution is 2.42. The van der Waals surface area contributed by atoms with E-state index in [1.807, 2.05) is 0 Å². The first-order valence-corrected chi connectivity index (χ1v) is 15.9. The van der Waals surface area contributed by atoms with Gasteiger partial charge in [0.15, 0.2) is 10.4 Å². The van der Waals surface area contributed by atoms with E-state index in [4.69, 9.17) is 4.42 Å². The Morgan fingerprint density at radius 3 is 2.60 bits per heavy atom. The van der Waals surface area contributed by atoms with E-state index in [1.165, 1.54) is 48.9 Å².